The lowest BCUT2D eigenvalue weighted by Crippen LogP contribution is -2.25. The van der Waals surface area contributed by atoms with Gasteiger partial charge in [-0.1, -0.05) is 18.2 Å². The number of carbonyl (C=O) groups excluding carboxylic acids is 1. The summed E-state index contributed by atoms with van der Waals surface area (Å²) in [6.07, 6.45) is 1.26. The standard InChI is InChI=1S/C19H15FN4O4/c20-13-6-8-16(17(10-13)24(26)27)18-9-7-15(28-18)11-22-23-19(25)12-21-14-4-2-1-3-5-14/h1-11,21H,12H2,(H,23,25)/b22-11-. The molecule has 0 fully saturated rings. The molecule has 3 aromatic rings. The molecule has 0 unspecified atom stereocenters. The Balaban J connectivity index is 1.60. The Labute approximate surface area is 158 Å². The van der Waals surface area contributed by atoms with Gasteiger partial charge >= 0.3 is 0 Å². The highest BCUT2D eigenvalue weighted by Crippen LogP contribution is 2.31. The zero-order valence-corrected chi connectivity index (χ0v) is 14.5. The maximum absolute atomic E-state index is 13.2. The number of hydrogen-bond acceptors (Lipinski definition) is 6. The summed E-state index contributed by atoms with van der Waals surface area (Å²) in [5.41, 5.74) is 2.88. The molecule has 142 valence electrons. The number of carbonyl (C=O) groups is 1. The van der Waals surface area contributed by atoms with E-state index < -0.39 is 16.4 Å². The zero-order valence-electron chi connectivity index (χ0n) is 14.5. The van der Waals surface area contributed by atoms with Gasteiger partial charge in [0.15, 0.2) is 0 Å². The van der Waals surface area contributed by atoms with Gasteiger partial charge in [0.25, 0.3) is 11.6 Å². The predicted molar refractivity (Wildman–Crippen MR) is 101 cm³/mol. The first-order valence-electron chi connectivity index (χ1n) is 8.18. The summed E-state index contributed by atoms with van der Waals surface area (Å²) >= 11 is 0. The van der Waals surface area contributed by atoms with Crippen molar-refractivity contribution in [3.63, 3.8) is 0 Å². The predicted octanol–water partition coefficient (Wildman–Crippen LogP) is 3.56. The Morgan fingerprint density at radius 2 is 1.96 bits per heavy atom. The van der Waals surface area contributed by atoms with Crippen molar-refractivity contribution >= 4 is 23.5 Å². The van der Waals surface area contributed by atoms with E-state index in [1.807, 2.05) is 30.3 Å². The van der Waals surface area contributed by atoms with Gasteiger partial charge in [0.2, 0.25) is 0 Å². The molecule has 9 heteroatoms. The summed E-state index contributed by atoms with van der Waals surface area (Å²) in [4.78, 5) is 22.2. The van der Waals surface area contributed by atoms with Crippen LogP contribution in [-0.4, -0.2) is 23.6 Å². The highest BCUT2D eigenvalue weighted by atomic mass is 19.1. The van der Waals surface area contributed by atoms with Gasteiger partial charge in [-0.2, -0.15) is 5.10 Å². The average Bonchev–Trinajstić information content (AvgIpc) is 3.16. The Bertz CT molecular complexity index is 1020. The van der Waals surface area contributed by atoms with Crippen LogP contribution in [0.15, 0.2) is 70.2 Å². The van der Waals surface area contributed by atoms with Gasteiger partial charge in [0, 0.05) is 5.69 Å². The number of furan rings is 1. The smallest absolute Gasteiger partial charge is 0.283 e. The van der Waals surface area contributed by atoms with Crippen LogP contribution < -0.4 is 10.7 Å². The molecule has 28 heavy (non-hydrogen) atoms. The van der Waals surface area contributed by atoms with Crippen molar-refractivity contribution in [1.82, 2.24) is 5.43 Å². The van der Waals surface area contributed by atoms with Crippen molar-refractivity contribution in [2.24, 2.45) is 5.10 Å². The molecule has 3 rings (SSSR count). The fourth-order valence-corrected chi connectivity index (χ4v) is 2.38. The van der Waals surface area contributed by atoms with Crippen molar-refractivity contribution in [3.8, 4) is 11.3 Å². The second-order valence-corrected chi connectivity index (χ2v) is 5.63. The van der Waals surface area contributed by atoms with Gasteiger partial charge in [-0.15, -0.1) is 0 Å². The molecule has 0 aliphatic heterocycles. The fourth-order valence-electron chi connectivity index (χ4n) is 2.38. The van der Waals surface area contributed by atoms with E-state index in [0.29, 0.717) is 0 Å². The third-order valence-corrected chi connectivity index (χ3v) is 3.66. The SMILES string of the molecule is O=C(CNc1ccccc1)N/N=C\c1ccc(-c2ccc(F)cc2[N+](=O)[O-])o1. The largest absolute Gasteiger partial charge is 0.455 e. The van der Waals surface area contributed by atoms with E-state index in [0.717, 1.165) is 17.8 Å². The lowest BCUT2D eigenvalue weighted by atomic mass is 10.1. The lowest BCUT2D eigenvalue weighted by molar-refractivity contribution is -0.384. The van der Waals surface area contributed by atoms with Gasteiger partial charge < -0.3 is 9.73 Å². The molecule has 2 aromatic carbocycles. The first-order valence-corrected chi connectivity index (χ1v) is 8.18. The summed E-state index contributed by atoms with van der Waals surface area (Å²) in [5.74, 6) is -0.619. The number of para-hydroxylation sites is 1. The van der Waals surface area contributed by atoms with E-state index >= 15 is 0 Å². The number of benzene rings is 2. The minimum absolute atomic E-state index is 0.0343. The molecule has 0 saturated heterocycles. The Kier molecular flexibility index (Phi) is 5.75. The summed E-state index contributed by atoms with van der Waals surface area (Å²) in [6.45, 7) is 0.0343. The zero-order chi connectivity index (χ0) is 19.9. The second-order valence-electron chi connectivity index (χ2n) is 5.63. The molecule has 0 radical (unpaired) electrons. The van der Waals surface area contributed by atoms with Crippen LogP contribution in [0.1, 0.15) is 5.76 Å². The highest BCUT2D eigenvalue weighted by Gasteiger charge is 2.19. The van der Waals surface area contributed by atoms with Crippen molar-refractivity contribution in [3.05, 3.63) is 82.4 Å². The molecule has 0 atom stereocenters. The van der Waals surface area contributed by atoms with Gasteiger partial charge in [0.1, 0.15) is 17.3 Å². The summed E-state index contributed by atoms with van der Waals surface area (Å²) in [7, 11) is 0. The number of rotatable bonds is 7. The summed E-state index contributed by atoms with van der Waals surface area (Å²) in [6, 6.07) is 15.4. The minimum atomic E-state index is -0.712. The van der Waals surface area contributed by atoms with Gasteiger partial charge in [-0.25, -0.2) is 9.82 Å². The first kappa shape index (κ1) is 18.8. The van der Waals surface area contributed by atoms with Crippen molar-refractivity contribution < 1.29 is 18.5 Å². The van der Waals surface area contributed by atoms with Crippen LogP contribution in [0.2, 0.25) is 0 Å². The maximum Gasteiger partial charge on any atom is 0.283 e. The van der Waals surface area contributed by atoms with Gasteiger partial charge in [-0.05, 0) is 36.4 Å². The number of anilines is 1. The minimum Gasteiger partial charge on any atom is -0.455 e. The molecule has 1 heterocycles. The molecule has 0 saturated carbocycles. The van der Waals surface area contributed by atoms with Crippen LogP contribution in [0.4, 0.5) is 15.8 Å². The number of nitrogens with one attached hydrogen (secondary N) is 2. The third kappa shape index (κ3) is 4.79. The lowest BCUT2D eigenvalue weighted by Gasteiger charge is -2.04. The monoisotopic (exact) mass is 382 g/mol. The molecule has 0 aliphatic carbocycles. The van der Waals surface area contributed by atoms with E-state index in [-0.39, 0.29) is 29.5 Å². The molecule has 8 nitrogen and oxygen atoms in total. The molecule has 0 bridgehead atoms. The van der Waals surface area contributed by atoms with Crippen molar-refractivity contribution in [1.29, 1.82) is 0 Å². The highest BCUT2D eigenvalue weighted by molar-refractivity contribution is 5.83. The Hall–Kier alpha value is -4.01. The molecular formula is C19H15FN4O4. The van der Waals surface area contributed by atoms with Crippen LogP contribution in [0, 0.1) is 15.9 Å². The van der Waals surface area contributed by atoms with Gasteiger partial charge in [0.05, 0.1) is 29.3 Å². The quantitative estimate of drug-likeness (QED) is 0.369. The number of halogens is 1. The van der Waals surface area contributed by atoms with E-state index in [1.54, 1.807) is 0 Å². The number of nitro benzene ring substituents is 1. The van der Waals surface area contributed by atoms with Crippen LogP contribution in [-0.2, 0) is 4.79 Å². The number of hydrogen-bond donors (Lipinski definition) is 2. The van der Waals surface area contributed by atoms with Crippen LogP contribution >= 0.6 is 0 Å². The maximum atomic E-state index is 13.2. The second kappa shape index (κ2) is 8.58. The molecule has 0 aliphatic rings. The average molecular weight is 382 g/mol. The fraction of sp³-hybridized carbons (Fsp3) is 0.0526. The van der Waals surface area contributed by atoms with Crippen LogP contribution in [0.5, 0.6) is 0 Å². The Morgan fingerprint density at radius 1 is 1.18 bits per heavy atom. The topological polar surface area (TPSA) is 110 Å². The summed E-state index contributed by atoms with van der Waals surface area (Å²) in [5, 5.41) is 17.8. The summed E-state index contributed by atoms with van der Waals surface area (Å²) < 4.78 is 18.7. The number of nitrogens with zero attached hydrogens (tertiary/aromatic N) is 2. The molecule has 0 spiro atoms. The molecule has 1 aromatic heterocycles. The van der Waals surface area contributed by atoms with Gasteiger partial charge in [-0.3, -0.25) is 14.9 Å². The molecule has 1 amide bonds. The van der Waals surface area contributed by atoms with Crippen LogP contribution in [0.3, 0.4) is 0 Å². The van der Waals surface area contributed by atoms with Crippen LogP contribution in [0.25, 0.3) is 11.3 Å². The van der Waals surface area contributed by atoms with E-state index in [4.69, 9.17) is 4.42 Å². The third-order valence-electron chi connectivity index (χ3n) is 3.66. The van der Waals surface area contributed by atoms with Crippen molar-refractivity contribution in [2.45, 2.75) is 0 Å². The van der Waals surface area contributed by atoms with E-state index in [2.05, 4.69) is 15.8 Å². The first-order chi connectivity index (χ1) is 13.5. The van der Waals surface area contributed by atoms with Crippen molar-refractivity contribution in [2.75, 3.05) is 11.9 Å². The number of nitro groups is 1. The molecule has 2 N–H and O–H groups in total. The van der Waals surface area contributed by atoms with E-state index in [1.165, 1.54) is 24.4 Å². The number of hydrazone groups is 1. The molecular weight excluding hydrogens is 367 g/mol. The Morgan fingerprint density at radius 3 is 2.71 bits per heavy atom. The van der Waals surface area contributed by atoms with E-state index in [9.17, 15) is 19.3 Å². The number of amides is 1. The normalized spacial score (nSPS) is 10.8.